The van der Waals surface area contributed by atoms with Gasteiger partial charge in [-0.25, -0.2) is 0 Å². The highest BCUT2D eigenvalue weighted by Gasteiger charge is 2.25. The number of carbonyl (C=O) groups is 1. The van der Waals surface area contributed by atoms with Crippen LogP contribution in [0.25, 0.3) is 0 Å². The third-order valence-corrected chi connectivity index (χ3v) is 6.62. The Bertz CT molecular complexity index is 847. The average molecular weight is 413 g/mol. The van der Waals surface area contributed by atoms with E-state index in [1.807, 2.05) is 12.1 Å². The Balaban J connectivity index is 1.31. The van der Waals surface area contributed by atoms with E-state index in [9.17, 15) is 9.90 Å². The highest BCUT2D eigenvalue weighted by Crippen LogP contribution is 2.37. The molecular weight excluding hydrogens is 384 g/mol. The lowest BCUT2D eigenvalue weighted by Crippen LogP contribution is -2.35. The molecule has 1 fully saturated rings. The molecule has 0 saturated carbocycles. The molecule has 2 aliphatic rings. The maximum atomic E-state index is 11.8. The van der Waals surface area contributed by atoms with E-state index in [1.165, 1.54) is 18.4 Å². The van der Waals surface area contributed by atoms with Crippen molar-refractivity contribution in [2.45, 2.75) is 44.6 Å². The molecule has 1 unspecified atom stereocenters. The predicted octanol–water partition coefficient (Wildman–Crippen LogP) is 4.60. The number of anilines is 1. The molecule has 1 atom stereocenters. The monoisotopic (exact) mass is 412 g/mol. The molecule has 5 heteroatoms. The summed E-state index contributed by atoms with van der Waals surface area (Å²) in [5, 5.41) is 14.3. The smallest absolute Gasteiger partial charge is 0.224 e. The number of nitrogens with one attached hydrogen (secondary N) is 1. The van der Waals surface area contributed by atoms with Crippen LogP contribution in [0.3, 0.4) is 0 Å². The summed E-state index contributed by atoms with van der Waals surface area (Å²) in [6.45, 7) is 2.98. The number of halogens is 1. The molecule has 0 aromatic heterocycles. The Morgan fingerprint density at radius 1 is 1.10 bits per heavy atom. The first-order chi connectivity index (χ1) is 14.1. The summed E-state index contributed by atoms with van der Waals surface area (Å²) >= 11 is 6.40. The second-order valence-corrected chi connectivity index (χ2v) is 8.73. The van der Waals surface area contributed by atoms with Crippen LogP contribution in [0.5, 0.6) is 0 Å². The maximum absolute atomic E-state index is 11.8. The number of hydrogen-bond donors (Lipinski definition) is 2. The first-order valence-corrected chi connectivity index (χ1v) is 11.0. The van der Waals surface area contributed by atoms with Crippen LogP contribution < -0.4 is 5.32 Å². The van der Waals surface area contributed by atoms with E-state index in [0.717, 1.165) is 43.2 Å². The van der Waals surface area contributed by atoms with Crippen molar-refractivity contribution in [2.24, 2.45) is 5.92 Å². The standard InChI is InChI=1S/C24H29ClN2O2/c25-20-8-6-19-7-9-22(29)26-24(19)23(20)21(28)12-15-27-13-10-18(11-14-27)16-17-4-2-1-3-5-17/h1-6,8,18,21,28H,7,9-16H2,(H,26,29). The maximum Gasteiger partial charge on any atom is 0.224 e. The van der Waals surface area contributed by atoms with Gasteiger partial charge in [0.25, 0.3) is 0 Å². The van der Waals surface area contributed by atoms with E-state index in [4.69, 9.17) is 11.6 Å². The largest absolute Gasteiger partial charge is 0.388 e. The van der Waals surface area contributed by atoms with Crippen molar-refractivity contribution in [3.05, 3.63) is 64.2 Å². The van der Waals surface area contributed by atoms with Gasteiger partial charge in [0, 0.05) is 23.6 Å². The van der Waals surface area contributed by atoms with Crippen LogP contribution in [0.15, 0.2) is 42.5 Å². The van der Waals surface area contributed by atoms with Gasteiger partial charge in [-0.2, -0.15) is 0 Å². The van der Waals surface area contributed by atoms with Crippen LogP contribution in [0, 0.1) is 5.92 Å². The third-order valence-electron chi connectivity index (χ3n) is 6.29. The van der Waals surface area contributed by atoms with E-state index in [0.29, 0.717) is 29.8 Å². The molecule has 0 aliphatic carbocycles. The van der Waals surface area contributed by atoms with Gasteiger partial charge in [0.2, 0.25) is 5.91 Å². The van der Waals surface area contributed by atoms with E-state index < -0.39 is 6.10 Å². The van der Waals surface area contributed by atoms with Gasteiger partial charge in [-0.3, -0.25) is 4.79 Å². The molecule has 4 rings (SSSR count). The number of hydrogen-bond acceptors (Lipinski definition) is 3. The van der Waals surface area contributed by atoms with Crippen molar-refractivity contribution in [2.75, 3.05) is 25.0 Å². The molecule has 4 nitrogen and oxygen atoms in total. The van der Waals surface area contributed by atoms with Crippen molar-refractivity contribution >= 4 is 23.2 Å². The predicted molar refractivity (Wildman–Crippen MR) is 117 cm³/mol. The summed E-state index contributed by atoms with van der Waals surface area (Å²) in [6.07, 6.45) is 4.69. The van der Waals surface area contributed by atoms with Gasteiger partial charge in [-0.15, -0.1) is 0 Å². The topological polar surface area (TPSA) is 52.6 Å². The summed E-state index contributed by atoms with van der Waals surface area (Å²) < 4.78 is 0. The SMILES string of the molecule is O=C1CCc2ccc(Cl)c(C(O)CCN3CCC(Cc4ccccc4)CC3)c2N1. The first kappa shape index (κ1) is 20.4. The molecule has 2 aliphatic heterocycles. The van der Waals surface area contributed by atoms with E-state index in [2.05, 4.69) is 40.5 Å². The highest BCUT2D eigenvalue weighted by molar-refractivity contribution is 6.32. The number of carbonyl (C=O) groups excluding carboxylic acids is 1. The lowest BCUT2D eigenvalue weighted by Gasteiger charge is -2.33. The second-order valence-electron chi connectivity index (χ2n) is 8.32. The molecule has 0 bridgehead atoms. The minimum Gasteiger partial charge on any atom is -0.388 e. The number of fused-ring (bicyclic) bond motifs is 1. The van der Waals surface area contributed by atoms with Crippen molar-refractivity contribution in [3.63, 3.8) is 0 Å². The number of aryl methyl sites for hydroxylation is 1. The van der Waals surface area contributed by atoms with Crippen LogP contribution in [0.2, 0.25) is 5.02 Å². The number of aliphatic hydroxyl groups excluding tert-OH is 1. The van der Waals surface area contributed by atoms with Crippen molar-refractivity contribution in [1.29, 1.82) is 0 Å². The summed E-state index contributed by atoms with van der Waals surface area (Å²) in [5.74, 6) is 0.734. The quantitative estimate of drug-likeness (QED) is 0.728. The van der Waals surface area contributed by atoms with E-state index in [1.54, 1.807) is 0 Å². The molecule has 1 saturated heterocycles. The first-order valence-electron chi connectivity index (χ1n) is 10.7. The second kappa shape index (κ2) is 9.29. The van der Waals surface area contributed by atoms with Crippen molar-refractivity contribution < 1.29 is 9.90 Å². The van der Waals surface area contributed by atoms with Gasteiger partial charge in [0.15, 0.2) is 0 Å². The van der Waals surface area contributed by atoms with Gasteiger partial charge in [-0.05, 0) is 68.3 Å². The minimum absolute atomic E-state index is 0.00583. The fraction of sp³-hybridized carbons (Fsp3) is 0.458. The average Bonchev–Trinajstić information content (AvgIpc) is 2.73. The number of piperidine rings is 1. The molecule has 1 amide bonds. The van der Waals surface area contributed by atoms with Crippen LogP contribution in [-0.2, 0) is 17.6 Å². The number of nitrogens with zero attached hydrogens (tertiary/aromatic N) is 1. The number of rotatable bonds is 6. The number of benzene rings is 2. The van der Waals surface area contributed by atoms with Gasteiger partial charge < -0.3 is 15.3 Å². The Hall–Kier alpha value is -1.88. The summed E-state index contributed by atoms with van der Waals surface area (Å²) in [7, 11) is 0. The molecule has 2 heterocycles. The Kier molecular flexibility index (Phi) is 6.53. The fourth-order valence-corrected chi connectivity index (χ4v) is 4.87. The number of amides is 1. The fourth-order valence-electron chi connectivity index (χ4n) is 4.58. The third kappa shape index (κ3) is 5.00. The van der Waals surface area contributed by atoms with Gasteiger partial charge >= 0.3 is 0 Å². The molecule has 0 spiro atoms. The zero-order valence-corrected chi connectivity index (χ0v) is 17.5. The Morgan fingerprint density at radius 2 is 1.86 bits per heavy atom. The van der Waals surface area contributed by atoms with Gasteiger partial charge in [-0.1, -0.05) is 48.0 Å². The van der Waals surface area contributed by atoms with E-state index in [-0.39, 0.29) is 5.91 Å². The van der Waals surface area contributed by atoms with E-state index >= 15 is 0 Å². The van der Waals surface area contributed by atoms with Crippen LogP contribution in [0.1, 0.15) is 48.5 Å². The van der Waals surface area contributed by atoms with Crippen molar-refractivity contribution in [3.8, 4) is 0 Å². The molecule has 2 N–H and O–H groups in total. The van der Waals surface area contributed by atoms with Crippen molar-refractivity contribution in [1.82, 2.24) is 4.90 Å². The van der Waals surface area contributed by atoms with Crippen LogP contribution >= 0.6 is 11.6 Å². The lowest BCUT2D eigenvalue weighted by atomic mass is 9.90. The van der Waals surface area contributed by atoms with Crippen LogP contribution in [-0.4, -0.2) is 35.5 Å². The summed E-state index contributed by atoms with van der Waals surface area (Å²) in [4.78, 5) is 14.3. The molecule has 29 heavy (non-hydrogen) atoms. The zero-order chi connectivity index (χ0) is 20.2. The van der Waals surface area contributed by atoms with Gasteiger partial charge in [0.05, 0.1) is 11.8 Å². The number of aliphatic hydroxyl groups is 1. The summed E-state index contributed by atoms with van der Waals surface area (Å²) in [6, 6.07) is 14.5. The zero-order valence-electron chi connectivity index (χ0n) is 16.7. The minimum atomic E-state index is -0.669. The number of likely N-dealkylation sites (tertiary alicyclic amines) is 1. The lowest BCUT2D eigenvalue weighted by molar-refractivity contribution is -0.116. The molecule has 154 valence electrons. The molecule has 2 aromatic rings. The summed E-state index contributed by atoms with van der Waals surface area (Å²) in [5.41, 5.74) is 3.88. The Morgan fingerprint density at radius 3 is 2.62 bits per heavy atom. The normalized spacial score (nSPS) is 18.9. The molecule has 2 aromatic carbocycles. The molecular formula is C24H29ClN2O2. The van der Waals surface area contributed by atoms with Gasteiger partial charge in [0.1, 0.15) is 0 Å². The molecule has 0 radical (unpaired) electrons. The Labute approximate surface area is 177 Å². The highest BCUT2D eigenvalue weighted by atomic mass is 35.5. The van der Waals surface area contributed by atoms with Crippen LogP contribution in [0.4, 0.5) is 5.69 Å².